The van der Waals surface area contributed by atoms with Crippen molar-refractivity contribution in [2.45, 2.75) is 57.4 Å². The summed E-state index contributed by atoms with van der Waals surface area (Å²) in [5.74, 6) is 0.443. The molecule has 1 N–H and O–H groups in total. The summed E-state index contributed by atoms with van der Waals surface area (Å²) in [6, 6.07) is 0. The second-order valence-corrected chi connectivity index (χ2v) is 6.11. The van der Waals surface area contributed by atoms with Gasteiger partial charge in [0.2, 0.25) is 0 Å². The van der Waals surface area contributed by atoms with Gasteiger partial charge in [0.1, 0.15) is 5.54 Å². The van der Waals surface area contributed by atoms with Gasteiger partial charge in [0, 0.05) is 6.54 Å². The molecule has 2 aliphatic rings. The Labute approximate surface area is 104 Å². The van der Waals surface area contributed by atoms with Gasteiger partial charge in [-0.3, -0.25) is 9.69 Å². The SMILES string of the molecule is CN(CC1CCCCC1)C(C)(C(=O)O)C1CC1. The van der Waals surface area contributed by atoms with Crippen LogP contribution in [-0.2, 0) is 4.79 Å². The van der Waals surface area contributed by atoms with Gasteiger partial charge in [-0.25, -0.2) is 0 Å². The molecule has 0 saturated heterocycles. The number of nitrogens with zero attached hydrogens (tertiary/aromatic N) is 1. The zero-order valence-corrected chi connectivity index (χ0v) is 11.1. The summed E-state index contributed by atoms with van der Waals surface area (Å²) in [4.78, 5) is 13.7. The summed E-state index contributed by atoms with van der Waals surface area (Å²) in [6.45, 7) is 2.87. The molecule has 3 heteroatoms. The summed E-state index contributed by atoms with van der Waals surface area (Å²) in [6.07, 6.45) is 8.74. The fraction of sp³-hybridized carbons (Fsp3) is 0.929. The first-order chi connectivity index (χ1) is 8.05. The Morgan fingerprint density at radius 2 is 1.82 bits per heavy atom. The minimum Gasteiger partial charge on any atom is -0.480 e. The van der Waals surface area contributed by atoms with E-state index in [2.05, 4.69) is 4.90 Å². The Balaban J connectivity index is 1.96. The highest BCUT2D eigenvalue weighted by molar-refractivity contribution is 5.79. The van der Waals surface area contributed by atoms with Gasteiger partial charge < -0.3 is 5.11 Å². The quantitative estimate of drug-likeness (QED) is 0.802. The molecule has 0 aliphatic heterocycles. The lowest BCUT2D eigenvalue weighted by Crippen LogP contribution is -2.53. The van der Waals surface area contributed by atoms with Gasteiger partial charge in [0.25, 0.3) is 0 Å². The van der Waals surface area contributed by atoms with Gasteiger partial charge in [-0.2, -0.15) is 0 Å². The molecule has 0 heterocycles. The van der Waals surface area contributed by atoms with E-state index in [9.17, 15) is 9.90 Å². The molecule has 17 heavy (non-hydrogen) atoms. The third kappa shape index (κ3) is 2.65. The highest BCUT2D eigenvalue weighted by Crippen LogP contribution is 2.43. The second kappa shape index (κ2) is 4.97. The minimum absolute atomic E-state index is 0.369. The summed E-state index contributed by atoms with van der Waals surface area (Å²) < 4.78 is 0. The van der Waals surface area contributed by atoms with Crippen molar-refractivity contribution >= 4 is 5.97 Å². The van der Waals surface area contributed by atoms with E-state index in [1.807, 2.05) is 14.0 Å². The molecule has 2 fully saturated rings. The monoisotopic (exact) mass is 239 g/mol. The summed E-state index contributed by atoms with van der Waals surface area (Å²) in [5, 5.41) is 9.50. The van der Waals surface area contributed by atoms with Crippen molar-refractivity contribution in [2.24, 2.45) is 11.8 Å². The molecule has 0 aromatic rings. The lowest BCUT2D eigenvalue weighted by molar-refractivity contribution is -0.151. The Kier molecular flexibility index (Phi) is 3.76. The fourth-order valence-corrected chi connectivity index (χ4v) is 3.24. The Bertz CT molecular complexity index is 282. The van der Waals surface area contributed by atoms with Crippen molar-refractivity contribution < 1.29 is 9.90 Å². The van der Waals surface area contributed by atoms with Gasteiger partial charge in [-0.15, -0.1) is 0 Å². The van der Waals surface area contributed by atoms with E-state index in [0.717, 1.165) is 19.4 Å². The van der Waals surface area contributed by atoms with Gasteiger partial charge in [-0.1, -0.05) is 19.3 Å². The van der Waals surface area contributed by atoms with E-state index in [4.69, 9.17) is 0 Å². The molecule has 0 spiro atoms. The van der Waals surface area contributed by atoms with Crippen molar-refractivity contribution in [3.63, 3.8) is 0 Å². The van der Waals surface area contributed by atoms with Gasteiger partial charge in [-0.05, 0) is 51.5 Å². The predicted octanol–water partition coefficient (Wildman–Crippen LogP) is 2.75. The van der Waals surface area contributed by atoms with Crippen LogP contribution in [0.2, 0.25) is 0 Å². The number of hydrogen-bond donors (Lipinski definition) is 1. The largest absolute Gasteiger partial charge is 0.480 e. The minimum atomic E-state index is -0.640. The van der Waals surface area contributed by atoms with E-state index < -0.39 is 11.5 Å². The third-order valence-electron chi connectivity index (χ3n) is 4.86. The molecule has 0 aromatic heterocycles. The molecule has 0 radical (unpaired) electrons. The normalized spacial score (nSPS) is 25.8. The van der Waals surface area contributed by atoms with E-state index >= 15 is 0 Å². The molecule has 2 saturated carbocycles. The van der Waals surface area contributed by atoms with Crippen LogP contribution in [0.5, 0.6) is 0 Å². The van der Waals surface area contributed by atoms with Crippen molar-refractivity contribution in [1.82, 2.24) is 4.90 Å². The van der Waals surface area contributed by atoms with Crippen LogP contribution in [0.25, 0.3) is 0 Å². The number of likely N-dealkylation sites (N-methyl/N-ethyl adjacent to an activating group) is 1. The Morgan fingerprint density at radius 1 is 1.24 bits per heavy atom. The van der Waals surface area contributed by atoms with Crippen molar-refractivity contribution in [3.05, 3.63) is 0 Å². The second-order valence-electron chi connectivity index (χ2n) is 6.11. The lowest BCUT2D eigenvalue weighted by atomic mass is 9.86. The van der Waals surface area contributed by atoms with Gasteiger partial charge in [0.05, 0.1) is 0 Å². The first-order valence-corrected chi connectivity index (χ1v) is 6.99. The van der Waals surface area contributed by atoms with Crippen LogP contribution in [0, 0.1) is 11.8 Å². The Morgan fingerprint density at radius 3 is 2.29 bits per heavy atom. The lowest BCUT2D eigenvalue weighted by Gasteiger charge is -2.38. The molecular weight excluding hydrogens is 214 g/mol. The van der Waals surface area contributed by atoms with Gasteiger partial charge >= 0.3 is 5.97 Å². The van der Waals surface area contributed by atoms with Crippen LogP contribution in [0.1, 0.15) is 51.9 Å². The first kappa shape index (κ1) is 12.9. The van der Waals surface area contributed by atoms with Crippen LogP contribution >= 0.6 is 0 Å². The maximum absolute atomic E-state index is 11.5. The molecule has 1 unspecified atom stereocenters. The highest BCUT2D eigenvalue weighted by atomic mass is 16.4. The van der Waals surface area contributed by atoms with E-state index in [1.54, 1.807) is 0 Å². The molecule has 2 rings (SSSR count). The number of aliphatic carboxylic acids is 1. The molecule has 0 aromatic carbocycles. The van der Waals surface area contributed by atoms with Crippen LogP contribution in [0.4, 0.5) is 0 Å². The maximum Gasteiger partial charge on any atom is 0.324 e. The summed E-state index contributed by atoms with van der Waals surface area (Å²) >= 11 is 0. The standard InChI is InChI=1S/C14H25NO2/c1-14(13(16)17,12-8-9-12)15(2)10-11-6-4-3-5-7-11/h11-12H,3-10H2,1-2H3,(H,16,17). The highest BCUT2D eigenvalue weighted by Gasteiger charge is 2.50. The number of carbonyl (C=O) groups is 1. The molecular formula is C14H25NO2. The van der Waals surface area contributed by atoms with Crippen LogP contribution in [-0.4, -0.2) is 35.1 Å². The van der Waals surface area contributed by atoms with Crippen molar-refractivity contribution in [2.75, 3.05) is 13.6 Å². The Hall–Kier alpha value is -0.570. The molecule has 98 valence electrons. The fourth-order valence-electron chi connectivity index (χ4n) is 3.24. The van der Waals surface area contributed by atoms with E-state index in [0.29, 0.717) is 11.8 Å². The third-order valence-corrected chi connectivity index (χ3v) is 4.86. The van der Waals surface area contributed by atoms with E-state index in [-0.39, 0.29) is 0 Å². The first-order valence-electron chi connectivity index (χ1n) is 6.99. The van der Waals surface area contributed by atoms with Gasteiger partial charge in [0.15, 0.2) is 0 Å². The van der Waals surface area contributed by atoms with Crippen LogP contribution in [0.15, 0.2) is 0 Å². The van der Waals surface area contributed by atoms with Crippen LogP contribution < -0.4 is 0 Å². The topological polar surface area (TPSA) is 40.5 Å². The van der Waals surface area contributed by atoms with Crippen LogP contribution in [0.3, 0.4) is 0 Å². The number of rotatable bonds is 5. The molecule has 0 bridgehead atoms. The average Bonchev–Trinajstić information content (AvgIpc) is 3.13. The predicted molar refractivity (Wildman–Crippen MR) is 68.0 cm³/mol. The molecule has 3 nitrogen and oxygen atoms in total. The molecule has 2 aliphatic carbocycles. The summed E-state index contributed by atoms with van der Waals surface area (Å²) in [5.41, 5.74) is -0.628. The molecule has 1 atom stereocenters. The summed E-state index contributed by atoms with van der Waals surface area (Å²) in [7, 11) is 2.00. The zero-order chi connectivity index (χ0) is 12.5. The number of carboxylic acids is 1. The maximum atomic E-state index is 11.5. The number of carboxylic acid groups (broad SMARTS) is 1. The zero-order valence-electron chi connectivity index (χ0n) is 11.1. The van der Waals surface area contributed by atoms with Crippen molar-refractivity contribution in [1.29, 1.82) is 0 Å². The average molecular weight is 239 g/mol. The van der Waals surface area contributed by atoms with Crippen molar-refractivity contribution in [3.8, 4) is 0 Å². The molecule has 0 amide bonds. The smallest absolute Gasteiger partial charge is 0.324 e. The number of hydrogen-bond acceptors (Lipinski definition) is 2. The van der Waals surface area contributed by atoms with E-state index in [1.165, 1.54) is 32.1 Å².